The van der Waals surface area contributed by atoms with Crippen LogP contribution in [0.5, 0.6) is 0 Å². The molecule has 1 aliphatic rings. The monoisotopic (exact) mass is 398 g/mol. The number of nitrogens with one attached hydrogen (secondary N) is 2. The van der Waals surface area contributed by atoms with Crippen molar-refractivity contribution >= 4 is 28.8 Å². The predicted molar refractivity (Wildman–Crippen MR) is 117 cm³/mol. The lowest BCUT2D eigenvalue weighted by Crippen LogP contribution is -2.17. The Bertz CT molecular complexity index is 1100. The highest BCUT2D eigenvalue weighted by atomic mass is 16.1. The molecule has 3 aromatic rings. The van der Waals surface area contributed by atoms with E-state index in [9.17, 15) is 4.79 Å². The summed E-state index contributed by atoms with van der Waals surface area (Å²) in [5.41, 5.74) is 3.38. The van der Waals surface area contributed by atoms with Gasteiger partial charge in [0.2, 0.25) is 0 Å². The Balaban J connectivity index is 1.48. The smallest absolute Gasteiger partial charge is 0.274 e. The summed E-state index contributed by atoms with van der Waals surface area (Å²) in [5.74, 6) is 0.681. The molecule has 7 nitrogen and oxygen atoms in total. The second-order valence-electron chi connectivity index (χ2n) is 7.20. The zero-order chi connectivity index (χ0) is 20.9. The molecule has 7 heteroatoms. The molecule has 0 atom stereocenters. The van der Waals surface area contributed by atoms with Crippen molar-refractivity contribution in [2.24, 2.45) is 0 Å². The highest BCUT2D eigenvalue weighted by Crippen LogP contribution is 2.24. The third-order valence-electron chi connectivity index (χ3n) is 4.93. The zero-order valence-electron chi connectivity index (χ0n) is 16.7. The number of carbonyl (C=O) groups is 1. The molecule has 0 saturated carbocycles. The second kappa shape index (κ2) is 8.62. The van der Waals surface area contributed by atoms with Crippen LogP contribution in [-0.2, 0) is 0 Å². The quantitative estimate of drug-likeness (QED) is 0.667. The molecule has 0 unspecified atom stereocenters. The van der Waals surface area contributed by atoms with Gasteiger partial charge in [0.05, 0.1) is 11.6 Å². The third-order valence-corrected chi connectivity index (χ3v) is 4.93. The summed E-state index contributed by atoms with van der Waals surface area (Å²) in [6.45, 7) is 3.95. The number of hydrogen-bond donors (Lipinski definition) is 2. The van der Waals surface area contributed by atoms with Crippen LogP contribution in [0.2, 0.25) is 0 Å². The molecule has 1 saturated heterocycles. The van der Waals surface area contributed by atoms with Gasteiger partial charge in [0.15, 0.2) is 0 Å². The van der Waals surface area contributed by atoms with Gasteiger partial charge in [-0.3, -0.25) is 4.79 Å². The number of amides is 1. The number of carbonyl (C=O) groups excluding carboxylic acids is 1. The number of aromatic nitrogens is 2. The SMILES string of the molecule is Cc1nc(Nc2ccc(N3CCCC3)cc2)cc(C(=O)Nc2cccc(C#N)c2)n1. The summed E-state index contributed by atoms with van der Waals surface area (Å²) in [6, 6.07) is 18.6. The van der Waals surface area contributed by atoms with E-state index in [1.807, 2.05) is 12.1 Å². The van der Waals surface area contributed by atoms with Crippen LogP contribution in [0.25, 0.3) is 0 Å². The molecule has 1 amide bonds. The number of hydrogen-bond acceptors (Lipinski definition) is 6. The topological polar surface area (TPSA) is 93.9 Å². The van der Waals surface area contributed by atoms with E-state index in [-0.39, 0.29) is 11.6 Å². The molecular weight excluding hydrogens is 376 g/mol. The maximum absolute atomic E-state index is 12.6. The normalized spacial score (nSPS) is 13.0. The van der Waals surface area contributed by atoms with Crippen molar-refractivity contribution in [1.29, 1.82) is 5.26 Å². The van der Waals surface area contributed by atoms with Crippen LogP contribution in [0.1, 0.15) is 34.7 Å². The maximum Gasteiger partial charge on any atom is 0.274 e. The van der Waals surface area contributed by atoms with Gasteiger partial charge in [-0.25, -0.2) is 9.97 Å². The van der Waals surface area contributed by atoms with Crippen molar-refractivity contribution in [3.05, 3.63) is 71.7 Å². The van der Waals surface area contributed by atoms with Gasteiger partial charge in [-0.15, -0.1) is 0 Å². The first-order valence-corrected chi connectivity index (χ1v) is 9.90. The maximum atomic E-state index is 12.6. The minimum Gasteiger partial charge on any atom is -0.372 e. The number of nitrogens with zero attached hydrogens (tertiary/aromatic N) is 4. The number of benzene rings is 2. The largest absolute Gasteiger partial charge is 0.372 e. The minimum absolute atomic E-state index is 0.251. The van der Waals surface area contributed by atoms with E-state index in [2.05, 4.69) is 43.7 Å². The molecule has 1 fully saturated rings. The molecule has 2 aromatic carbocycles. The van der Waals surface area contributed by atoms with Crippen molar-refractivity contribution in [2.45, 2.75) is 19.8 Å². The summed E-state index contributed by atoms with van der Waals surface area (Å²) in [6.07, 6.45) is 2.48. The van der Waals surface area contributed by atoms with Gasteiger partial charge in [-0.2, -0.15) is 5.26 Å². The molecule has 2 N–H and O–H groups in total. The van der Waals surface area contributed by atoms with E-state index in [0.29, 0.717) is 22.9 Å². The molecule has 0 spiro atoms. The molecule has 1 aliphatic heterocycles. The second-order valence-corrected chi connectivity index (χ2v) is 7.20. The summed E-state index contributed by atoms with van der Waals surface area (Å²) >= 11 is 0. The van der Waals surface area contributed by atoms with Crippen molar-refractivity contribution in [2.75, 3.05) is 28.6 Å². The highest BCUT2D eigenvalue weighted by molar-refractivity contribution is 6.03. The number of anilines is 4. The molecule has 150 valence electrons. The molecular formula is C23H22N6O. The fourth-order valence-corrected chi connectivity index (χ4v) is 3.49. The Morgan fingerprint density at radius 1 is 1.03 bits per heavy atom. The van der Waals surface area contributed by atoms with E-state index in [1.54, 1.807) is 37.3 Å². The molecule has 0 radical (unpaired) electrons. The van der Waals surface area contributed by atoms with Crippen LogP contribution in [0, 0.1) is 18.3 Å². The van der Waals surface area contributed by atoms with E-state index in [1.165, 1.54) is 18.5 Å². The Morgan fingerprint density at radius 3 is 2.53 bits per heavy atom. The standard InChI is InChI=1S/C23H22N6O/c1-16-25-21(23(30)28-19-6-4-5-17(13-19)15-24)14-22(26-16)27-18-7-9-20(10-8-18)29-11-2-3-12-29/h4-10,13-14H,2-3,11-12H2,1H3,(H,28,30)(H,25,26,27). The van der Waals surface area contributed by atoms with Crippen LogP contribution >= 0.6 is 0 Å². The highest BCUT2D eigenvalue weighted by Gasteiger charge is 2.13. The van der Waals surface area contributed by atoms with Crippen molar-refractivity contribution in [3.63, 3.8) is 0 Å². The lowest BCUT2D eigenvalue weighted by atomic mass is 10.2. The minimum atomic E-state index is -0.358. The summed E-state index contributed by atoms with van der Waals surface area (Å²) in [4.78, 5) is 23.7. The third kappa shape index (κ3) is 4.55. The van der Waals surface area contributed by atoms with E-state index in [4.69, 9.17) is 5.26 Å². The fourth-order valence-electron chi connectivity index (χ4n) is 3.49. The van der Waals surface area contributed by atoms with Crippen molar-refractivity contribution in [1.82, 2.24) is 9.97 Å². The molecule has 2 heterocycles. The van der Waals surface area contributed by atoms with E-state index >= 15 is 0 Å². The molecule has 1 aromatic heterocycles. The first kappa shape index (κ1) is 19.4. The van der Waals surface area contributed by atoms with Gasteiger partial charge in [0, 0.05) is 36.2 Å². The van der Waals surface area contributed by atoms with Crippen LogP contribution in [0.4, 0.5) is 22.9 Å². The van der Waals surface area contributed by atoms with Crippen LogP contribution < -0.4 is 15.5 Å². The van der Waals surface area contributed by atoms with Gasteiger partial charge in [-0.1, -0.05) is 6.07 Å². The number of aryl methyl sites for hydroxylation is 1. The first-order chi connectivity index (χ1) is 14.6. The lowest BCUT2D eigenvalue weighted by Gasteiger charge is -2.18. The zero-order valence-corrected chi connectivity index (χ0v) is 16.7. The summed E-state index contributed by atoms with van der Waals surface area (Å²) in [5, 5.41) is 15.0. The average molecular weight is 398 g/mol. The van der Waals surface area contributed by atoms with Gasteiger partial charge in [-0.05, 0) is 62.2 Å². The van der Waals surface area contributed by atoms with Crippen LogP contribution in [-0.4, -0.2) is 29.0 Å². The lowest BCUT2D eigenvalue weighted by molar-refractivity contribution is 0.102. The first-order valence-electron chi connectivity index (χ1n) is 9.90. The van der Waals surface area contributed by atoms with Crippen LogP contribution in [0.3, 0.4) is 0 Å². The predicted octanol–water partition coefficient (Wildman–Crippen LogP) is 4.25. The summed E-state index contributed by atoms with van der Waals surface area (Å²) in [7, 11) is 0. The number of nitriles is 1. The molecule has 4 rings (SSSR count). The van der Waals surface area contributed by atoms with Gasteiger partial charge in [0.25, 0.3) is 5.91 Å². The Kier molecular flexibility index (Phi) is 5.57. The summed E-state index contributed by atoms with van der Waals surface area (Å²) < 4.78 is 0. The van der Waals surface area contributed by atoms with E-state index < -0.39 is 0 Å². The molecule has 0 aliphatic carbocycles. The average Bonchev–Trinajstić information content (AvgIpc) is 3.29. The Hall–Kier alpha value is -3.92. The van der Waals surface area contributed by atoms with Gasteiger partial charge < -0.3 is 15.5 Å². The molecule has 0 bridgehead atoms. The van der Waals surface area contributed by atoms with E-state index in [0.717, 1.165) is 18.8 Å². The van der Waals surface area contributed by atoms with Crippen molar-refractivity contribution in [3.8, 4) is 6.07 Å². The van der Waals surface area contributed by atoms with Crippen molar-refractivity contribution < 1.29 is 4.79 Å². The van der Waals surface area contributed by atoms with Crippen LogP contribution in [0.15, 0.2) is 54.6 Å². The van der Waals surface area contributed by atoms with Gasteiger partial charge >= 0.3 is 0 Å². The molecule has 30 heavy (non-hydrogen) atoms. The Morgan fingerprint density at radius 2 is 1.80 bits per heavy atom. The fraction of sp³-hybridized carbons (Fsp3) is 0.217. The van der Waals surface area contributed by atoms with Gasteiger partial charge in [0.1, 0.15) is 17.3 Å². The Labute approximate surface area is 175 Å². The number of rotatable bonds is 5.